The van der Waals surface area contributed by atoms with E-state index in [1.165, 1.54) is 12.1 Å². The summed E-state index contributed by atoms with van der Waals surface area (Å²) in [6.45, 7) is 1.26. The SMILES string of the molecule is CN=C(NCCNS(=O)(=O)c1cccc(Cl)c1)NCCc1ccco1.I. The zero-order valence-electron chi connectivity index (χ0n) is 14.2. The molecule has 0 radical (unpaired) electrons. The van der Waals surface area contributed by atoms with E-state index >= 15 is 0 Å². The molecule has 0 saturated heterocycles. The molecular formula is C16H22ClIN4O3S. The van der Waals surface area contributed by atoms with Crippen LogP contribution in [0.15, 0.2) is 57.0 Å². The molecule has 0 aliphatic rings. The maximum absolute atomic E-state index is 12.1. The Labute approximate surface area is 175 Å². The van der Waals surface area contributed by atoms with Crippen LogP contribution in [0.3, 0.4) is 0 Å². The maximum Gasteiger partial charge on any atom is 0.240 e. The average Bonchev–Trinajstić information content (AvgIpc) is 3.10. The van der Waals surface area contributed by atoms with Crippen molar-refractivity contribution in [1.29, 1.82) is 0 Å². The minimum Gasteiger partial charge on any atom is -0.469 e. The average molecular weight is 513 g/mol. The van der Waals surface area contributed by atoms with Gasteiger partial charge in [-0.2, -0.15) is 0 Å². The van der Waals surface area contributed by atoms with E-state index in [0.717, 1.165) is 12.2 Å². The highest BCUT2D eigenvalue weighted by molar-refractivity contribution is 14.0. The van der Waals surface area contributed by atoms with Crippen molar-refractivity contribution in [3.63, 3.8) is 0 Å². The van der Waals surface area contributed by atoms with Crippen LogP contribution < -0.4 is 15.4 Å². The van der Waals surface area contributed by atoms with E-state index in [1.807, 2.05) is 12.1 Å². The summed E-state index contributed by atoms with van der Waals surface area (Å²) in [6, 6.07) is 9.88. The van der Waals surface area contributed by atoms with Crippen LogP contribution in [0.5, 0.6) is 0 Å². The first-order valence-electron chi connectivity index (χ1n) is 7.73. The Morgan fingerprint density at radius 1 is 1.15 bits per heavy atom. The zero-order valence-corrected chi connectivity index (χ0v) is 18.1. The van der Waals surface area contributed by atoms with Gasteiger partial charge in [0.2, 0.25) is 10.0 Å². The molecule has 26 heavy (non-hydrogen) atoms. The monoisotopic (exact) mass is 512 g/mol. The van der Waals surface area contributed by atoms with E-state index in [1.54, 1.807) is 25.4 Å². The number of sulfonamides is 1. The van der Waals surface area contributed by atoms with Gasteiger partial charge in [-0.15, -0.1) is 24.0 Å². The minimum absolute atomic E-state index is 0. The largest absolute Gasteiger partial charge is 0.469 e. The second-order valence-electron chi connectivity index (χ2n) is 5.11. The van der Waals surface area contributed by atoms with Gasteiger partial charge in [-0.05, 0) is 30.3 Å². The van der Waals surface area contributed by atoms with Crippen molar-refractivity contribution in [3.8, 4) is 0 Å². The normalized spacial score (nSPS) is 11.7. The van der Waals surface area contributed by atoms with Crippen molar-refractivity contribution in [1.82, 2.24) is 15.4 Å². The zero-order chi connectivity index (χ0) is 18.1. The van der Waals surface area contributed by atoms with Gasteiger partial charge in [0.25, 0.3) is 0 Å². The fourth-order valence-electron chi connectivity index (χ4n) is 2.06. The highest BCUT2D eigenvalue weighted by Gasteiger charge is 2.13. The van der Waals surface area contributed by atoms with E-state index in [4.69, 9.17) is 16.0 Å². The van der Waals surface area contributed by atoms with Crippen LogP contribution in [0.4, 0.5) is 0 Å². The Balaban J connectivity index is 0.00000338. The number of benzene rings is 1. The molecular weight excluding hydrogens is 491 g/mol. The summed E-state index contributed by atoms with van der Waals surface area (Å²) in [7, 11) is -1.93. The number of aliphatic imine (C=N–C) groups is 1. The summed E-state index contributed by atoms with van der Waals surface area (Å²) >= 11 is 5.82. The number of furan rings is 1. The van der Waals surface area contributed by atoms with Crippen molar-refractivity contribution in [2.24, 2.45) is 4.99 Å². The standard InChI is InChI=1S/C16H21ClN4O3S.HI/c1-18-16(19-8-7-14-5-3-11-24-14)20-9-10-21-25(22,23)15-6-2-4-13(17)12-15;/h2-6,11-12,21H,7-10H2,1H3,(H2,18,19,20);1H. The molecule has 2 aromatic rings. The predicted molar refractivity (Wildman–Crippen MR) is 114 cm³/mol. The molecule has 0 spiro atoms. The topological polar surface area (TPSA) is 95.7 Å². The lowest BCUT2D eigenvalue weighted by molar-refractivity contribution is 0.506. The molecule has 3 N–H and O–H groups in total. The molecule has 0 bridgehead atoms. The number of rotatable bonds is 8. The van der Waals surface area contributed by atoms with E-state index in [0.29, 0.717) is 24.1 Å². The van der Waals surface area contributed by atoms with E-state index < -0.39 is 10.0 Å². The van der Waals surface area contributed by atoms with Gasteiger partial charge in [-0.25, -0.2) is 13.1 Å². The van der Waals surface area contributed by atoms with Crippen molar-refractivity contribution < 1.29 is 12.8 Å². The van der Waals surface area contributed by atoms with Gasteiger partial charge in [-0.1, -0.05) is 17.7 Å². The molecule has 1 aromatic heterocycles. The number of hydrogen-bond acceptors (Lipinski definition) is 4. The second-order valence-corrected chi connectivity index (χ2v) is 7.31. The summed E-state index contributed by atoms with van der Waals surface area (Å²) in [5.74, 6) is 1.48. The molecule has 0 aliphatic carbocycles. The van der Waals surface area contributed by atoms with E-state index in [9.17, 15) is 8.42 Å². The Kier molecular flexibility index (Phi) is 9.99. The van der Waals surface area contributed by atoms with Crippen LogP contribution in [0.2, 0.25) is 5.02 Å². The van der Waals surface area contributed by atoms with Crippen molar-refractivity contribution >= 4 is 51.6 Å². The second kappa shape index (κ2) is 11.4. The lowest BCUT2D eigenvalue weighted by Gasteiger charge is -2.12. The third kappa shape index (κ3) is 7.52. The van der Waals surface area contributed by atoms with Gasteiger partial charge < -0.3 is 15.1 Å². The van der Waals surface area contributed by atoms with Crippen LogP contribution in [0, 0.1) is 0 Å². The van der Waals surface area contributed by atoms with Crippen molar-refractivity contribution in [2.45, 2.75) is 11.3 Å². The maximum atomic E-state index is 12.1. The fraction of sp³-hybridized carbons (Fsp3) is 0.312. The van der Waals surface area contributed by atoms with Crippen LogP contribution in [0.1, 0.15) is 5.76 Å². The van der Waals surface area contributed by atoms with Gasteiger partial charge in [-0.3, -0.25) is 4.99 Å². The molecule has 0 aliphatic heterocycles. The molecule has 10 heteroatoms. The summed E-state index contributed by atoms with van der Waals surface area (Å²) in [6.07, 6.45) is 2.36. The third-order valence-electron chi connectivity index (χ3n) is 3.28. The summed E-state index contributed by atoms with van der Waals surface area (Å²) in [5, 5.41) is 6.55. The smallest absolute Gasteiger partial charge is 0.240 e. The lowest BCUT2D eigenvalue weighted by Crippen LogP contribution is -2.42. The molecule has 1 aromatic carbocycles. The fourth-order valence-corrected chi connectivity index (χ4v) is 3.40. The molecule has 0 fully saturated rings. The molecule has 0 saturated carbocycles. The van der Waals surface area contributed by atoms with Crippen LogP contribution in [-0.4, -0.2) is 41.1 Å². The first kappa shape index (κ1) is 22.7. The molecule has 0 atom stereocenters. The van der Waals surface area contributed by atoms with Crippen LogP contribution in [-0.2, 0) is 16.4 Å². The predicted octanol–water partition coefficient (Wildman–Crippen LogP) is 2.24. The Hall–Kier alpha value is -1.30. The molecule has 144 valence electrons. The highest BCUT2D eigenvalue weighted by Crippen LogP contribution is 2.14. The quantitative estimate of drug-likeness (QED) is 0.218. The molecule has 2 rings (SSSR count). The summed E-state index contributed by atoms with van der Waals surface area (Å²) in [4.78, 5) is 4.22. The Morgan fingerprint density at radius 3 is 2.58 bits per heavy atom. The third-order valence-corrected chi connectivity index (χ3v) is 4.98. The minimum atomic E-state index is -3.58. The van der Waals surface area contributed by atoms with Crippen molar-refractivity contribution in [2.75, 3.05) is 26.7 Å². The Bertz CT molecular complexity index is 798. The number of nitrogens with one attached hydrogen (secondary N) is 3. The van der Waals surface area contributed by atoms with Gasteiger partial charge in [0.1, 0.15) is 5.76 Å². The summed E-state index contributed by atoms with van der Waals surface area (Å²) in [5.41, 5.74) is 0. The van der Waals surface area contributed by atoms with Crippen LogP contribution >= 0.6 is 35.6 Å². The van der Waals surface area contributed by atoms with Gasteiger partial charge in [0.15, 0.2) is 5.96 Å². The number of nitrogens with zero attached hydrogens (tertiary/aromatic N) is 1. The van der Waals surface area contributed by atoms with E-state index in [-0.39, 0.29) is 35.4 Å². The number of hydrogen-bond donors (Lipinski definition) is 3. The van der Waals surface area contributed by atoms with Gasteiger partial charge >= 0.3 is 0 Å². The Morgan fingerprint density at radius 2 is 1.92 bits per heavy atom. The van der Waals surface area contributed by atoms with Crippen molar-refractivity contribution in [3.05, 3.63) is 53.4 Å². The number of guanidine groups is 1. The molecule has 0 unspecified atom stereocenters. The van der Waals surface area contributed by atoms with Gasteiger partial charge in [0.05, 0.1) is 11.2 Å². The summed E-state index contributed by atoms with van der Waals surface area (Å²) < 4.78 is 32.1. The highest BCUT2D eigenvalue weighted by atomic mass is 127. The first-order valence-corrected chi connectivity index (χ1v) is 9.59. The lowest BCUT2D eigenvalue weighted by atomic mass is 10.3. The first-order chi connectivity index (χ1) is 12.0. The molecule has 0 amide bonds. The van der Waals surface area contributed by atoms with Gasteiger partial charge in [0, 0.05) is 38.1 Å². The van der Waals surface area contributed by atoms with Crippen LogP contribution in [0.25, 0.3) is 0 Å². The number of halogens is 2. The van der Waals surface area contributed by atoms with E-state index in [2.05, 4.69) is 20.3 Å². The molecule has 1 heterocycles. The molecule has 7 nitrogen and oxygen atoms in total.